The summed E-state index contributed by atoms with van der Waals surface area (Å²) < 4.78 is 9.88. The monoisotopic (exact) mass is 210 g/mol. The van der Waals surface area contributed by atoms with E-state index in [1.165, 1.54) is 14.0 Å². The summed E-state index contributed by atoms with van der Waals surface area (Å²) in [6, 6.07) is 5.03. The maximum absolute atomic E-state index is 10.6. The van der Waals surface area contributed by atoms with Crippen molar-refractivity contribution in [2.45, 2.75) is 13.3 Å². The Morgan fingerprint density at radius 3 is 2.80 bits per heavy atom. The summed E-state index contributed by atoms with van der Waals surface area (Å²) in [6.07, 6.45) is 0.440. The molecule has 0 bridgehead atoms. The highest BCUT2D eigenvalue weighted by Gasteiger charge is 2.08. The fourth-order valence-electron chi connectivity index (χ4n) is 1.29. The molecule has 0 atom stereocenters. The van der Waals surface area contributed by atoms with E-state index >= 15 is 0 Å². The van der Waals surface area contributed by atoms with Crippen LogP contribution in [0, 0.1) is 0 Å². The number of hydrogen-bond acceptors (Lipinski definition) is 4. The molecule has 0 spiro atoms. The van der Waals surface area contributed by atoms with Crippen molar-refractivity contribution in [2.75, 3.05) is 13.7 Å². The Balaban J connectivity index is 2.70. The number of aromatic hydroxyl groups is 1. The molecular weight excluding hydrogens is 196 g/mol. The van der Waals surface area contributed by atoms with Gasteiger partial charge in [0, 0.05) is 18.9 Å². The lowest BCUT2D eigenvalue weighted by Crippen LogP contribution is -2.04. The van der Waals surface area contributed by atoms with Crippen LogP contribution in [0.15, 0.2) is 18.2 Å². The van der Waals surface area contributed by atoms with Gasteiger partial charge in [-0.05, 0) is 12.1 Å². The predicted octanol–water partition coefficient (Wildman–Crippen LogP) is 1.51. The largest absolute Gasteiger partial charge is 0.508 e. The second-order valence-corrected chi connectivity index (χ2v) is 3.05. The van der Waals surface area contributed by atoms with Crippen molar-refractivity contribution in [2.24, 2.45) is 0 Å². The minimum atomic E-state index is -0.329. The number of hydrogen-bond donors (Lipinski definition) is 1. The number of methoxy groups -OCH3 is 1. The molecule has 0 heterocycles. The lowest BCUT2D eigenvalue weighted by molar-refractivity contribution is -0.140. The molecule has 0 saturated heterocycles. The third-order valence-corrected chi connectivity index (χ3v) is 1.99. The maximum Gasteiger partial charge on any atom is 0.302 e. The summed E-state index contributed by atoms with van der Waals surface area (Å²) in [5.74, 6) is 0.424. The Morgan fingerprint density at radius 1 is 1.47 bits per heavy atom. The van der Waals surface area contributed by atoms with Crippen LogP contribution in [0.2, 0.25) is 0 Å². The quantitative estimate of drug-likeness (QED) is 0.765. The number of benzene rings is 1. The number of ether oxygens (including phenoxy) is 2. The van der Waals surface area contributed by atoms with E-state index < -0.39 is 0 Å². The van der Waals surface area contributed by atoms with Crippen molar-refractivity contribution in [1.82, 2.24) is 0 Å². The molecule has 0 aliphatic heterocycles. The Kier molecular flexibility index (Phi) is 3.97. The average Bonchev–Trinajstić information content (AvgIpc) is 2.20. The van der Waals surface area contributed by atoms with E-state index in [2.05, 4.69) is 0 Å². The minimum absolute atomic E-state index is 0.154. The first-order valence-corrected chi connectivity index (χ1v) is 4.63. The van der Waals surface area contributed by atoms with Crippen LogP contribution in [0.1, 0.15) is 12.5 Å². The molecule has 0 radical (unpaired) electrons. The van der Waals surface area contributed by atoms with E-state index in [0.717, 1.165) is 0 Å². The summed E-state index contributed by atoms with van der Waals surface area (Å²) in [4.78, 5) is 10.6. The minimum Gasteiger partial charge on any atom is -0.508 e. The first kappa shape index (κ1) is 11.4. The molecule has 0 aliphatic carbocycles. The summed E-state index contributed by atoms with van der Waals surface area (Å²) >= 11 is 0. The lowest BCUT2D eigenvalue weighted by atomic mass is 10.1. The second-order valence-electron chi connectivity index (χ2n) is 3.05. The van der Waals surface area contributed by atoms with Gasteiger partial charge in [0.1, 0.15) is 11.5 Å². The molecule has 1 N–H and O–H groups in total. The molecule has 0 unspecified atom stereocenters. The zero-order valence-corrected chi connectivity index (χ0v) is 8.82. The second kappa shape index (κ2) is 5.24. The zero-order chi connectivity index (χ0) is 11.3. The van der Waals surface area contributed by atoms with E-state index in [-0.39, 0.29) is 18.3 Å². The summed E-state index contributed by atoms with van der Waals surface area (Å²) in [5.41, 5.74) is 0.654. The van der Waals surface area contributed by atoms with E-state index in [0.29, 0.717) is 17.7 Å². The molecule has 1 aromatic carbocycles. The van der Waals surface area contributed by atoms with Crippen molar-refractivity contribution in [3.8, 4) is 11.5 Å². The van der Waals surface area contributed by atoms with Crippen LogP contribution in [0.4, 0.5) is 0 Å². The average molecular weight is 210 g/mol. The summed E-state index contributed by atoms with van der Waals surface area (Å²) in [5, 5.41) is 9.57. The molecule has 82 valence electrons. The van der Waals surface area contributed by atoms with Crippen LogP contribution in [0.25, 0.3) is 0 Å². The zero-order valence-electron chi connectivity index (χ0n) is 8.82. The Hall–Kier alpha value is -1.71. The van der Waals surface area contributed by atoms with Crippen molar-refractivity contribution in [3.05, 3.63) is 23.8 Å². The highest BCUT2D eigenvalue weighted by atomic mass is 16.5. The van der Waals surface area contributed by atoms with Gasteiger partial charge in [-0.2, -0.15) is 0 Å². The standard InChI is InChI=1S/C11H14O4/c1-8(12)15-7-6-9-10(13)4-3-5-11(9)14-2/h3-5,13H,6-7H2,1-2H3. The Bertz CT molecular complexity index is 346. The van der Waals surface area contributed by atoms with Crippen LogP contribution in [-0.4, -0.2) is 24.8 Å². The highest BCUT2D eigenvalue weighted by Crippen LogP contribution is 2.27. The van der Waals surface area contributed by atoms with Crippen LogP contribution < -0.4 is 4.74 Å². The van der Waals surface area contributed by atoms with Crippen molar-refractivity contribution in [3.63, 3.8) is 0 Å². The molecule has 4 heteroatoms. The number of rotatable bonds is 4. The Morgan fingerprint density at radius 2 is 2.20 bits per heavy atom. The Labute approximate surface area is 88.4 Å². The number of esters is 1. The number of carbonyl (C=O) groups is 1. The smallest absolute Gasteiger partial charge is 0.302 e. The molecule has 1 aromatic rings. The predicted molar refractivity (Wildman–Crippen MR) is 55.0 cm³/mol. The molecule has 0 saturated carbocycles. The molecule has 0 aliphatic rings. The maximum atomic E-state index is 10.6. The van der Waals surface area contributed by atoms with Gasteiger partial charge in [0.25, 0.3) is 0 Å². The van der Waals surface area contributed by atoms with Gasteiger partial charge in [-0.1, -0.05) is 6.07 Å². The van der Waals surface area contributed by atoms with Gasteiger partial charge in [-0.3, -0.25) is 4.79 Å². The van der Waals surface area contributed by atoms with Gasteiger partial charge in [-0.25, -0.2) is 0 Å². The number of carbonyl (C=O) groups excluding carboxylic acids is 1. The third kappa shape index (κ3) is 3.16. The van der Waals surface area contributed by atoms with Crippen LogP contribution >= 0.6 is 0 Å². The highest BCUT2D eigenvalue weighted by molar-refractivity contribution is 5.65. The van der Waals surface area contributed by atoms with Gasteiger partial charge in [0.15, 0.2) is 0 Å². The molecule has 15 heavy (non-hydrogen) atoms. The fourth-order valence-corrected chi connectivity index (χ4v) is 1.29. The topological polar surface area (TPSA) is 55.8 Å². The van der Waals surface area contributed by atoms with Gasteiger partial charge >= 0.3 is 5.97 Å². The summed E-state index contributed by atoms with van der Waals surface area (Å²) in [6.45, 7) is 1.59. The molecular formula is C11H14O4. The van der Waals surface area contributed by atoms with Crippen LogP contribution in [0.3, 0.4) is 0 Å². The molecule has 0 amide bonds. The van der Waals surface area contributed by atoms with E-state index in [9.17, 15) is 9.90 Å². The SMILES string of the molecule is COc1cccc(O)c1CCOC(C)=O. The van der Waals surface area contributed by atoms with Gasteiger partial charge in [0.2, 0.25) is 0 Å². The van der Waals surface area contributed by atoms with E-state index in [4.69, 9.17) is 9.47 Å². The van der Waals surface area contributed by atoms with Crippen molar-refractivity contribution < 1.29 is 19.4 Å². The van der Waals surface area contributed by atoms with Gasteiger partial charge < -0.3 is 14.6 Å². The summed E-state index contributed by atoms with van der Waals surface area (Å²) in [7, 11) is 1.53. The first-order valence-electron chi connectivity index (χ1n) is 4.63. The van der Waals surface area contributed by atoms with Crippen LogP contribution in [0.5, 0.6) is 11.5 Å². The normalized spacial score (nSPS) is 9.73. The van der Waals surface area contributed by atoms with E-state index in [1.807, 2.05) is 0 Å². The molecule has 4 nitrogen and oxygen atoms in total. The van der Waals surface area contributed by atoms with E-state index in [1.54, 1.807) is 18.2 Å². The molecule has 0 aromatic heterocycles. The molecule has 0 fully saturated rings. The van der Waals surface area contributed by atoms with Gasteiger partial charge in [-0.15, -0.1) is 0 Å². The van der Waals surface area contributed by atoms with Gasteiger partial charge in [0.05, 0.1) is 13.7 Å². The molecule has 1 rings (SSSR count). The third-order valence-electron chi connectivity index (χ3n) is 1.99. The van der Waals surface area contributed by atoms with Crippen molar-refractivity contribution in [1.29, 1.82) is 0 Å². The number of phenols is 1. The number of phenolic OH excluding ortho intramolecular Hbond substituents is 1. The lowest BCUT2D eigenvalue weighted by Gasteiger charge is -2.09. The van der Waals surface area contributed by atoms with Crippen LogP contribution in [-0.2, 0) is 16.0 Å². The van der Waals surface area contributed by atoms with Crippen molar-refractivity contribution >= 4 is 5.97 Å². The fraction of sp³-hybridized carbons (Fsp3) is 0.364. The first-order chi connectivity index (χ1) is 7.15.